The molecule has 5 nitrogen and oxygen atoms in total. The maximum Gasteiger partial charge on any atom is 0.191 e. The summed E-state index contributed by atoms with van der Waals surface area (Å²) in [6.45, 7) is 3.27. The van der Waals surface area contributed by atoms with Crippen molar-refractivity contribution in [2.75, 3.05) is 12.8 Å². The summed E-state index contributed by atoms with van der Waals surface area (Å²) in [6.07, 6.45) is 4.26. The summed E-state index contributed by atoms with van der Waals surface area (Å²) in [5.41, 5.74) is 2.33. The lowest BCUT2D eigenvalue weighted by molar-refractivity contribution is 0.306. The van der Waals surface area contributed by atoms with Gasteiger partial charge in [0.1, 0.15) is 12.4 Å². The predicted octanol–water partition coefficient (Wildman–Crippen LogP) is 4.63. The second-order valence-electron chi connectivity index (χ2n) is 7.64. The summed E-state index contributed by atoms with van der Waals surface area (Å²) in [5.74, 6) is 2.43. The van der Waals surface area contributed by atoms with Crippen LogP contribution in [0.1, 0.15) is 43.7 Å². The molecule has 1 aliphatic rings. The van der Waals surface area contributed by atoms with Gasteiger partial charge in [0.2, 0.25) is 0 Å². The Morgan fingerprint density at radius 2 is 1.81 bits per heavy atom. The topological polar surface area (TPSA) is 62.7 Å². The van der Waals surface area contributed by atoms with Crippen LogP contribution >= 0.6 is 24.0 Å². The highest BCUT2D eigenvalue weighted by Crippen LogP contribution is 2.23. The smallest absolute Gasteiger partial charge is 0.191 e. The molecule has 0 amide bonds. The first-order valence-corrected chi connectivity index (χ1v) is 12.2. The number of rotatable bonds is 8. The van der Waals surface area contributed by atoms with Crippen LogP contribution in [-0.2, 0) is 24.0 Å². The number of halogens is 1. The first kappa shape index (κ1) is 25.6. The lowest BCUT2D eigenvalue weighted by Gasteiger charge is -2.30. The second-order valence-corrected chi connectivity index (χ2v) is 9.65. The third kappa shape index (κ3) is 8.44. The summed E-state index contributed by atoms with van der Waals surface area (Å²) >= 11 is 0. The van der Waals surface area contributed by atoms with E-state index in [1.165, 1.54) is 5.56 Å². The van der Waals surface area contributed by atoms with Crippen LogP contribution in [0.15, 0.2) is 59.6 Å². The van der Waals surface area contributed by atoms with E-state index < -0.39 is 10.8 Å². The van der Waals surface area contributed by atoms with Crippen LogP contribution in [0.4, 0.5) is 0 Å². The van der Waals surface area contributed by atoms with Crippen molar-refractivity contribution in [3.63, 3.8) is 0 Å². The Hall–Kier alpha value is -1.61. The number of nitrogens with one attached hydrogen (secondary N) is 2. The molecule has 3 atom stereocenters. The number of benzene rings is 2. The zero-order chi connectivity index (χ0) is 21.2. The van der Waals surface area contributed by atoms with Crippen LogP contribution < -0.4 is 15.4 Å². The van der Waals surface area contributed by atoms with E-state index >= 15 is 0 Å². The molecule has 0 heterocycles. The molecule has 0 bridgehead atoms. The minimum Gasteiger partial charge on any atom is -0.489 e. The van der Waals surface area contributed by atoms with Crippen molar-refractivity contribution >= 4 is 40.7 Å². The zero-order valence-corrected chi connectivity index (χ0v) is 21.5. The minimum absolute atomic E-state index is 0. The van der Waals surface area contributed by atoms with Crippen molar-refractivity contribution in [1.82, 2.24) is 10.6 Å². The van der Waals surface area contributed by atoms with Crippen LogP contribution in [0.25, 0.3) is 0 Å². The Kier molecular flexibility index (Phi) is 11.4. The lowest BCUT2D eigenvalue weighted by atomic mass is 9.95. The highest BCUT2D eigenvalue weighted by atomic mass is 127. The van der Waals surface area contributed by atoms with Crippen molar-refractivity contribution in [2.45, 2.75) is 57.1 Å². The standard InChI is InChI=1S/C24H33N3O2S.HI/c1-3-30(28)23-11-7-8-21(16-23)27-24(25-2)26-17-19-12-14-20(15-13-19)18-29-22-9-5-4-6-10-22;/h4-6,9-10,12-15,21,23H,3,7-8,11,16-18H2,1-2H3,(H2,25,26,27);1H. The molecule has 7 heteroatoms. The minimum atomic E-state index is -0.711. The molecule has 1 fully saturated rings. The molecule has 1 saturated carbocycles. The maximum absolute atomic E-state index is 12.2. The van der Waals surface area contributed by atoms with Gasteiger partial charge in [-0.1, -0.05) is 55.8 Å². The van der Waals surface area contributed by atoms with E-state index in [0.717, 1.165) is 48.7 Å². The zero-order valence-electron chi connectivity index (χ0n) is 18.4. The highest BCUT2D eigenvalue weighted by Gasteiger charge is 2.25. The number of hydrogen-bond acceptors (Lipinski definition) is 3. The molecule has 31 heavy (non-hydrogen) atoms. The van der Waals surface area contributed by atoms with E-state index in [-0.39, 0.29) is 24.0 Å². The van der Waals surface area contributed by atoms with Gasteiger partial charge in [-0.05, 0) is 42.5 Å². The molecule has 3 rings (SSSR count). The lowest BCUT2D eigenvalue weighted by Crippen LogP contribution is -2.46. The van der Waals surface area contributed by atoms with Crippen molar-refractivity contribution in [3.8, 4) is 5.75 Å². The van der Waals surface area contributed by atoms with Gasteiger partial charge in [-0.15, -0.1) is 24.0 Å². The number of ether oxygens (including phenoxy) is 1. The molecule has 170 valence electrons. The van der Waals surface area contributed by atoms with Crippen molar-refractivity contribution in [2.24, 2.45) is 4.99 Å². The molecule has 2 N–H and O–H groups in total. The van der Waals surface area contributed by atoms with E-state index in [2.05, 4.69) is 39.9 Å². The molecule has 1 aliphatic carbocycles. The van der Waals surface area contributed by atoms with Gasteiger partial charge in [-0.2, -0.15) is 0 Å². The monoisotopic (exact) mass is 555 g/mol. The first-order chi connectivity index (χ1) is 14.7. The Bertz CT molecular complexity index is 830. The first-order valence-electron chi connectivity index (χ1n) is 10.8. The van der Waals surface area contributed by atoms with Gasteiger partial charge in [0.05, 0.1) is 0 Å². The molecule has 2 aromatic rings. The molecule has 2 aromatic carbocycles. The molecule has 0 saturated heterocycles. The average Bonchev–Trinajstić information content (AvgIpc) is 2.81. The van der Waals surface area contributed by atoms with Crippen LogP contribution in [0.2, 0.25) is 0 Å². The van der Waals surface area contributed by atoms with Gasteiger partial charge in [0.25, 0.3) is 0 Å². The van der Waals surface area contributed by atoms with Gasteiger partial charge in [-0.25, -0.2) is 0 Å². The number of nitrogens with zero attached hydrogens (tertiary/aromatic N) is 1. The quantitative estimate of drug-likeness (QED) is 0.284. The molecule has 0 spiro atoms. The van der Waals surface area contributed by atoms with E-state index in [1.54, 1.807) is 7.05 Å². The van der Waals surface area contributed by atoms with Gasteiger partial charge in [-0.3, -0.25) is 9.20 Å². The normalized spacial score (nSPS) is 19.7. The molecular weight excluding hydrogens is 521 g/mol. The van der Waals surface area contributed by atoms with E-state index in [1.807, 2.05) is 37.3 Å². The Morgan fingerprint density at radius 1 is 1.10 bits per heavy atom. The van der Waals surface area contributed by atoms with Gasteiger partial charge in [0.15, 0.2) is 5.96 Å². The third-order valence-corrected chi connectivity index (χ3v) is 7.22. The predicted molar refractivity (Wildman–Crippen MR) is 141 cm³/mol. The maximum atomic E-state index is 12.2. The molecular formula is C24H34IN3O2S. The summed E-state index contributed by atoms with van der Waals surface area (Å²) < 4.78 is 18.0. The van der Waals surface area contributed by atoms with E-state index in [4.69, 9.17) is 4.74 Å². The van der Waals surface area contributed by atoms with E-state index in [0.29, 0.717) is 24.4 Å². The molecule has 0 aliphatic heterocycles. The van der Waals surface area contributed by atoms with Gasteiger partial charge >= 0.3 is 0 Å². The summed E-state index contributed by atoms with van der Waals surface area (Å²) in [5, 5.41) is 7.23. The molecule has 3 unspecified atom stereocenters. The summed E-state index contributed by atoms with van der Waals surface area (Å²) in [6, 6.07) is 18.6. The van der Waals surface area contributed by atoms with Crippen LogP contribution in [0.3, 0.4) is 0 Å². The van der Waals surface area contributed by atoms with Crippen LogP contribution in [0.5, 0.6) is 5.75 Å². The largest absolute Gasteiger partial charge is 0.489 e. The summed E-state index contributed by atoms with van der Waals surface area (Å²) in [4.78, 5) is 4.37. The van der Waals surface area contributed by atoms with Gasteiger partial charge in [0, 0.05) is 41.4 Å². The van der Waals surface area contributed by atoms with Crippen molar-refractivity contribution in [1.29, 1.82) is 0 Å². The Morgan fingerprint density at radius 3 is 2.48 bits per heavy atom. The molecule has 0 radical (unpaired) electrons. The Labute approximate surface area is 205 Å². The highest BCUT2D eigenvalue weighted by molar-refractivity contribution is 14.0. The summed E-state index contributed by atoms with van der Waals surface area (Å²) in [7, 11) is 1.08. The Balaban J connectivity index is 0.00000341. The van der Waals surface area contributed by atoms with Crippen molar-refractivity contribution in [3.05, 3.63) is 65.7 Å². The number of aliphatic imine (C=N–C) groups is 1. The SMILES string of the molecule is CCS(=O)C1CCCC(NC(=NC)NCc2ccc(COc3ccccc3)cc2)C1.I. The fraction of sp³-hybridized carbons (Fsp3) is 0.458. The number of para-hydroxylation sites is 1. The fourth-order valence-electron chi connectivity index (χ4n) is 3.76. The average molecular weight is 556 g/mol. The van der Waals surface area contributed by atoms with E-state index in [9.17, 15) is 4.21 Å². The fourth-order valence-corrected chi connectivity index (χ4v) is 5.11. The van der Waals surface area contributed by atoms with Gasteiger partial charge < -0.3 is 15.4 Å². The second kappa shape index (κ2) is 13.7. The van der Waals surface area contributed by atoms with Crippen molar-refractivity contribution < 1.29 is 8.95 Å². The molecule has 0 aromatic heterocycles. The number of guanidine groups is 1. The van der Waals surface area contributed by atoms with Crippen LogP contribution in [-0.4, -0.2) is 34.3 Å². The van der Waals surface area contributed by atoms with Crippen LogP contribution in [0, 0.1) is 0 Å². The number of hydrogen-bond donors (Lipinski definition) is 2. The third-order valence-electron chi connectivity index (χ3n) is 5.48.